The Bertz CT molecular complexity index is 1540. The lowest BCUT2D eigenvalue weighted by molar-refractivity contribution is -0.123. The number of amides is 2. The molecule has 228 valence electrons. The van der Waals surface area contributed by atoms with Crippen LogP contribution >= 0.6 is 0 Å². The molecule has 42 heavy (non-hydrogen) atoms. The SMILES string of the molecule is COc1cc2c(c(OC)c1OC)-c1ccc(N[C@H](C(=O)N[C@H]3CCS(=O)(=O)C3)C(C)C)c(=O)cc1[C@@H](NC(C)=O)CC2. The number of fused-ring (bicyclic) bond motifs is 3. The van der Waals surface area contributed by atoms with Crippen molar-refractivity contribution in [2.24, 2.45) is 5.92 Å². The lowest BCUT2D eigenvalue weighted by atomic mass is 9.95. The number of benzene rings is 1. The maximum atomic E-state index is 13.7. The third-order valence-corrected chi connectivity index (χ3v) is 9.52. The summed E-state index contributed by atoms with van der Waals surface area (Å²) in [7, 11) is 1.43. The molecule has 2 aromatic carbocycles. The van der Waals surface area contributed by atoms with Crippen LogP contribution in [0.3, 0.4) is 0 Å². The Balaban J connectivity index is 1.82. The van der Waals surface area contributed by atoms with E-state index in [1.807, 2.05) is 19.9 Å². The fraction of sp³-hybridized carbons (Fsp3) is 0.500. The number of hydrogen-bond acceptors (Lipinski definition) is 9. The van der Waals surface area contributed by atoms with Gasteiger partial charge in [-0.15, -0.1) is 0 Å². The van der Waals surface area contributed by atoms with E-state index in [1.165, 1.54) is 27.2 Å². The monoisotopic (exact) mass is 601 g/mol. The molecule has 3 N–H and O–H groups in total. The van der Waals surface area contributed by atoms with Gasteiger partial charge in [0.1, 0.15) is 6.04 Å². The van der Waals surface area contributed by atoms with E-state index in [0.29, 0.717) is 47.6 Å². The van der Waals surface area contributed by atoms with Gasteiger partial charge in [0.15, 0.2) is 21.3 Å². The summed E-state index contributed by atoms with van der Waals surface area (Å²) in [4.78, 5) is 39.1. The number of hydrogen-bond donors (Lipinski definition) is 3. The zero-order chi connectivity index (χ0) is 30.8. The first-order valence-electron chi connectivity index (χ1n) is 13.9. The number of ether oxygens (including phenoxy) is 3. The summed E-state index contributed by atoms with van der Waals surface area (Å²) in [5.41, 5.74) is 2.73. The number of methoxy groups -OCH3 is 3. The zero-order valence-corrected chi connectivity index (χ0v) is 25.6. The van der Waals surface area contributed by atoms with Gasteiger partial charge < -0.3 is 30.2 Å². The topological polar surface area (TPSA) is 149 Å². The number of carbonyl (C=O) groups is 2. The zero-order valence-electron chi connectivity index (χ0n) is 24.8. The molecular formula is C30H39N3O8S. The molecule has 12 heteroatoms. The van der Waals surface area contributed by atoms with E-state index in [0.717, 1.165) is 11.1 Å². The summed E-state index contributed by atoms with van der Waals surface area (Å²) in [6, 6.07) is 5.06. The molecule has 2 amide bonds. The van der Waals surface area contributed by atoms with Crippen LogP contribution in [-0.4, -0.2) is 65.2 Å². The van der Waals surface area contributed by atoms with E-state index in [4.69, 9.17) is 14.2 Å². The summed E-state index contributed by atoms with van der Waals surface area (Å²) < 4.78 is 40.8. The highest BCUT2D eigenvalue weighted by molar-refractivity contribution is 7.91. The van der Waals surface area contributed by atoms with E-state index in [1.54, 1.807) is 19.2 Å². The highest BCUT2D eigenvalue weighted by Crippen LogP contribution is 2.50. The molecule has 4 rings (SSSR count). The average molecular weight is 602 g/mol. The fourth-order valence-corrected chi connectivity index (χ4v) is 7.40. The quantitative estimate of drug-likeness (QED) is 0.394. The smallest absolute Gasteiger partial charge is 0.243 e. The van der Waals surface area contributed by atoms with E-state index < -0.39 is 28.0 Å². The minimum absolute atomic E-state index is 0.0412. The Kier molecular flexibility index (Phi) is 9.34. The van der Waals surface area contributed by atoms with Crippen LogP contribution in [0.25, 0.3) is 11.1 Å². The molecule has 0 unspecified atom stereocenters. The minimum Gasteiger partial charge on any atom is -0.493 e. The largest absolute Gasteiger partial charge is 0.493 e. The Morgan fingerprint density at radius 1 is 0.976 bits per heavy atom. The van der Waals surface area contributed by atoms with E-state index >= 15 is 0 Å². The normalized spacial score (nSPS) is 19.5. The van der Waals surface area contributed by atoms with E-state index in [-0.39, 0.29) is 40.4 Å². The van der Waals surface area contributed by atoms with Gasteiger partial charge >= 0.3 is 0 Å². The number of anilines is 1. The molecule has 0 aromatic heterocycles. The van der Waals surface area contributed by atoms with Crippen molar-refractivity contribution in [3.63, 3.8) is 0 Å². The fourth-order valence-electron chi connectivity index (χ4n) is 5.73. The summed E-state index contributed by atoms with van der Waals surface area (Å²) in [6.07, 6.45) is 1.45. The summed E-state index contributed by atoms with van der Waals surface area (Å²) in [5.74, 6) is 0.469. The second-order valence-corrected chi connectivity index (χ2v) is 13.3. The van der Waals surface area contributed by atoms with Gasteiger partial charge in [-0.2, -0.15) is 0 Å². The molecule has 0 spiro atoms. The molecule has 2 aliphatic rings. The van der Waals surface area contributed by atoms with Crippen molar-refractivity contribution in [1.29, 1.82) is 0 Å². The van der Waals surface area contributed by atoms with Gasteiger partial charge in [-0.3, -0.25) is 14.4 Å². The predicted octanol–water partition coefficient (Wildman–Crippen LogP) is 2.60. The highest BCUT2D eigenvalue weighted by Gasteiger charge is 2.33. The van der Waals surface area contributed by atoms with Crippen LogP contribution in [0, 0.1) is 5.92 Å². The summed E-state index contributed by atoms with van der Waals surface area (Å²) >= 11 is 0. The lowest BCUT2D eigenvalue weighted by Gasteiger charge is -2.24. The van der Waals surface area contributed by atoms with Crippen LogP contribution in [0.2, 0.25) is 0 Å². The summed E-state index contributed by atoms with van der Waals surface area (Å²) in [5, 5.41) is 8.92. The number of sulfone groups is 1. The van der Waals surface area contributed by atoms with Crippen molar-refractivity contribution in [1.82, 2.24) is 10.6 Å². The maximum absolute atomic E-state index is 13.7. The second kappa shape index (κ2) is 12.6. The maximum Gasteiger partial charge on any atom is 0.243 e. The van der Waals surface area contributed by atoms with Crippen molar-refractivity contribution in [2.45, 2.75) is 58.2 Å². The molecular weight excluding hydrogens is 562 g/mol. The molecule has 0 radical (unpaired) electrons. The van der Waals surface area contributed by atoms with Gasteiger partial charge in [-0.25, -0.2) is 8.42 Å². The Morgan fingerprint density at radius 3 is 2.26 bits per heavy atom. The average Bonchev–Trinajstić information content (AvgIpc) is 3.10. The first-order valence-corrected chi connectivity index (χ1v) is 15.8. The third-order valence-electron chi connectivity index (χ3n) is 7.75. The van der Waals surface area contributed by atoms with Crippen molar-refractivity contribution >= 4 is 27.3 Å². The van der Waals surface area contributed by atoms with E-state index in [9.17, 15) is 22.8 Å². The van der Waals surface area contributed by atoms with E-state index in [2.05, 4.69) is 16.0 Å². The molecule has 1 saturated heterocycles. The van der Waals surface area contributed by atoms with Crippen LogP contribution in [0.5, 0.6) is 17.2 Å². The van der Waals surface area contributed by atoms with Crippen molar-refractivity contribution in [3.05, 3.63) is 45.6 Å². The number of carbonyl (C=O) groups excluding carboxylic acids is 2. The van der Waals surface area contributed by atoms with Gasteiger partial charge in [0.2, 0.25) is 23.0 Å². The molecule has 0 bridgehead atoms. The van der Waals surface area contributed by atoms with Crippen LogP contribution in [0.15, 0.2) is 29.1 Å². The Hall–Kier alpha value is -3.80. The molecule has 11 nitrogen and oxygen atoms in total. The number of rotatable bonds is 9. The molecule has 2 aromatic rings. The lowest BCUT2D eigenvalue weighted by Crippen LogP contribution is -2.47. The minimum atomic E-state index is -3.17. The van der Waals surface area contributed by atoms with Crippen molar-refractivity contribution in [2.75, 3.05) is 38.2 Å². The molecule has 1 aliphatic carbocycles. The van der Waals surface area contributed by atoms with Gasteiger partial charge in [0.25, 0.3) is 0 Å². The second-order valence-electron chi connectivity index (χ2n) is 11.1. The first-order chi connectivity index (χ1) is 19.9. The van der Waals surface area contributed by atoms with Crippen molar-refractivity contribution < 1.29 is 32.2 Å². The molecule has 1 heterocycles. The van der Waals surface area contributed by atoms with Crippen LogP contribution < -0.4 is 35.6 Å². The standard InChI is InChI=1S/C30H39N3O8S/c1-16(2)27(30(36)32-19-11-12-42(37,38)15-19)33-23-10-8-20-21(14-24(23)35)22(31-17(3)34)9-7-18-13-25(39-4)28(40-5)29(41-6)26(18)20/h8,10,13-14,16,19,22,27H,7,9,11-12,15H2,1-6H3,(H,31,34)(H,32,36)(H,33,35)/t19-,22-,27-/m0/s1. The van der Waals surface area contributed by atoms with Crippen LogP contribution in [0.1, 0.15) is 50.8 Å². The first kappa shape index (κ1) is 31.1. The van der Waals surface area contributed by atoms with Gasteiger partial charge in [0.05, 0.1) is 44.6 Å². The molecule has 1 fully saturated rings. The molecule has 3 atom stereocenters. The van der Waals surface area contributed by atoms with Gasteiger partial charge in [-0.05, 0) is 60.1 Å². The number of nitrogens with one attached hydrogen (secondary N) is 3. The van der Waals surface area contributed by atoms with Crippen LogP contribution in [-0.2, 0) is 25.8 Å². The number of aryl methyl sites for hydroxylation is 1. The summed E-state index contributed by atoms with van der Waals surface area (Å²) in [6.45, 7) is 5.12. The van der Waals surface area contributed by atoms with Crippen LogP contribution in [0.4, 0.5) is 5.69 Å². The Morgan fingerprint density at radius 2 is 1.69 bits per heavy atom. The third kappa shape index (κ3) is 6.48. The van der Waals surface area contributed by atoms with Crippen molar-refractivity contribution in [3.8, 4) is 28.4 Å². The molecule has 1 aliphatic heterocycles. The van der Waals surface area contributed by atoms with Gasteiger partial charge in [-0.1, -0.05) is 19.9 Å². The Labute approximate surface area is 246 Å². The highest BCUT2D eigenvalue weighted by atomic mass is 32.2. The molecule has 0 saturated carbocycles. The predicted molar refractivity (Wildman–Crippen MR) is 160 cm³/mol. The van der Waals surface area contributed by atoms with Gasteiger partial charge in [0, 0.05) is 18.5 Å².